The normalized spacial score (nSPS) is 13.5. The molecule has 0 bridgehead atoms. The molecule has 18 heavy (non-hydrogen) atoms. The number of ether oxygens (including phenoxy) is 1. The Balaban J connectivity index is 3.99. The molecule has 0 aliphatic rings. The van der Waals surface area contributed by atoms with Crippen molar-refractivity contribution in [1.82, 2.24) is 10.6 Å². The second-order valence-electron chi connectivity index (χ2n) is 5.81. The molecule has 0 saturated carbocycles. The molecule has 0 spiro atoms. The van der Waals surface area contributed by atoms with Gasteiger partial charge in [0.1, 0.15) is 5.60 Å². The van der Waals surface area contributed by atoms with Gasteiger partial charge in [-0.2, -0.15) is 0 Å². The Morgan fingerprint density at radius 2 is 1.89 bits per heavy atom. The quantitative estimate of drug-likeness (QED) is 0.605. The maximum Gasteiger partial charge on any atom is 0.407 e. The molecule has 108 valence electrons. The molecule has 1 atom stereocenters. The van der Waals surface area contributed by atoms with E-state index in [1.54, 1.807) is 0 Å². The fraction of sp³-hybridized carbons (Fsp3) is 0.923. The van der Waals surface area contributed by atoms with Crippen LogP contribution in [0.15, 0.2) is 0 Å². The van der Waals surface area contributed by atoms with Gasteiger partial charge < -0.3 is 20.5 Å². The van der Waals surface area contributed by atoms with Gasteiger partial charge in [-0.15, -0.1) is 0 Å². The minimum Gasteiger partial charge on any atom is -0.444 e. The standard InChI is InChI=1S/C13H28N2O3/c1-10(2)11(8-14-6-7-16)9-15-12(17)18-13(3,4)5/h10-11,14,16H,6-9H2,1-5H3,(H,15,17). The minimum absolute atomic E-state index is 0.129. The van der Waals surface area contributed by atoms with E-state index >= 15 is 0 Å². The number of rotatable bonds is 7. The summed E-state index contributed by atoms with van der Waals surface area (Å²) in [6.07, 6.45) is -0.379. The van der Waals surface area contributed by atoms with Gasteiger partial charge in [0.15, 0.2) is 0 Å². The molecule has 0 aromatic heterocycles. The van der Waals surface area contributed by atoms with Crippen molar-refractivity contribution in [3.8, 4) is 0 Å². The maximum atomic E-state index is 11.5. The Labute approximate surface area is 110 Å². The van der Waals surface area contributed by atoms with E-state index in [-0.39, 0.29) is 12.7 Å². The summed E-state index contributed by atoms with van der Waals surface area (Å²) in [6.45, 7) is 11.8. The number of amides is 1. The Morgan fingerprint density at radius 3 is 2.33 bits per heavy atom. The summed E-state index contributed by atoms with van der Waals surface area (Å²) < 4.78 is 5.18. The lowest BCUT2D eigenvalue weighted by Gasteiger charge is -2.24. The first-order valence-corrected chi connectivity index (χ1v) is 6.54. The Morgan fingerprint density at radius 1 is 1.28 bits per heavy atom. The van der Waals surface area contributed by atoms with Gasteiger partial charge in [0.2, 0.25) is 0 Å². The SMILES string of the molecule is CC(C)C(CNCCO)CNC(=O)OC(C)(C)C. The maximum absolute atomic E-state index is 11.5. The largest absolute Gasteiger partial charge is 0.444 e. The molecule has 0 aliphatic carbocycles. The number of carbonyl (C=O) groups excluding carboxylic acids is 1. The topological polar surface area (TPSA) is 70.6 Å². The third-order valence-electron chi connectivity index (χ3n) is 2.55. The van der Waals surface area contributed by atoms with Gasteiger partial charge in [-0.05, 0) is 39.2 Å². The highest BCUT2D eigenvalue weighted by Crippen LogP contribution is 2.10. The highest BCUT2D eigenvalue weighted by Gasteiger charge is 2.18. The lowest BCUT2D eigenvalue weighted by atomic mass is 9.96. The zero-order valence-corrected chi connectivity index (χ0v) is 12.2. The van der Waals surface area contributed by atoms with Crippen LogP contribution in [0.4, 0.5) is 4.79 Å². The van der Waals surface area contributed by atoms with Crippen molar-refractivity contribution >= 4 is 6.09 Å². The summed E-state index contributed by atoms with van der Waals surface area (Å²) in [5.74, 6) is 0.773. The Bertz CT molecular complexity index is 237. The van der Waals surface area contributed by atoms with E-state index in [1.165, 1.54) is 0 Å². The molecular weight excluding hydrogens is 232 g/mol. The zero-order chi connectivity index (χ0) is 14.2. The number of nitrogens with one attached hydrogen (secondary N) is 2. The molecule has 0 saturated heterocycles. The van der Waals surface area contributed by atoms with Crippen LogP contribution in [0.2, 0.25) is 0 Å². The molecule has 0 aliphatic heterocycles. The zero-order valence-electron chi connectivity index (χ0n) is 12.2. The molecule has 0 aromatic rings. The molecule has 0 radical (unpaired) electrons. The summed E-state index contributed by atoms with van der Waals surface area (Å²) in [4.78, 5) is 11.5. The average Bonchev–Trinajstić information content (AvgIpc) is 2.20. The van der Waals surface area contributed by atoms with Crippen LogP contribution < -0.4 is 10.6 Å². The molecule has 5 heteroatoms. The molecule has 1 amide bonds. The number of aliphatic hydroxyl groups excluding tert-OH is 1. The van der Waals surface area contributed by atoms with Crippen molar-refractivity contribution in [3.63, 3.8) is 0 Å². The fourth-order valence-corrected chi connectivity index (χ4v) is 1.44. The predicted octanol–water partition coefficient (Wildman–Crippen LogP) is 1.37. The van der Waals surface area contributed by atoms with Gasteiger partial charge in [0.05, 0.1) is 6.61 Å². The van der Waals surface area contributed by atoms with E-state index in [1.807, 2.05) is 20.8 Å². The Kier molecular flexibility index (Phi) is 7.95. The predicted molar refractivity (Wildman–Crippen MR) is 72.5 cm³/mol. The molecule has 0 heterocycles. The van der Waals surface area contributed by atoms with E-state index in [0.717, 1.165) is 6.54 Å². The van der Waals surface area contributed by atoms with Crippen molar-refractivity contribution in [3.05, 3.63) is 0 Å². The van der Waals surface area contributed by atoms with Gasteiger partial charge in [-0.25, -0.2) is 4.79 Å². The average molecular weight is 260 g/mol. The fourth-order valence-electron chi connectivity index (χ4n) is 1.44. The second kappa shape index (κ2) is 8.32. The van der Waals surface area contributed by atoms with Gasteiger partial charge in [0, 0.05) is 13.1 Å². The van der Waals surface area contributed by atoms with Gasteiger partial charge in [-0.3, -0.25) is 0 Å². The van der Waals surface area contributed by atoms with Crippen molar-refractivity contribution < 1.29 is 14.6 Å². The van der Waals surface area contributed by atoms with Crippen LogP contribution >= 0.6 is 0 Å². The van der Waals surface area contributed by atoms with E-state index < -0.39 is 5.60 Å². The van der Waals surface area contributed by atoms with E-state index in [0.29, 0.717) is 24.9 Å². The minimum atomic E-state index is -0.466. The van der Waals surface area contributed by atoms with Crippen LogP contribution in [0.5, 0.6) is 0 Å². The van der Waals surface area contributed by atoms with Crippen LogP contribution in [0.3, 0.4) is 0 Å². The van der Waals surface area contributed by atoms with E-state index in [4.69, 9.17) is 9.84 Å². The van der Waals surface area contributed by atoms with Crippen LogP contribution in [0.25, 0.3) is 0 Å². The van der Waals surface area contributed by atoms with Crippen molar-refractivity contribution in [2.75, 3.05) is 26.2 Å². The molecular formula is C13H28N2O3. The smallest absolute Gasteiger partial charge is 0.407 e. The summed E-state index contributed by atoms with van der Waals surface area (Å²) in [7, 11) is 0. The molecule has 1 unspecified atom stereocenters. The number of hydrogen-bond acceptors (Lipinski definition) is 4. The van der Waals surface area contributed by atoms with Gasteiger partial charge in [0.25, 0.3) is 0 Å². The molecule has 0 fully saturated rings. The first kappa shape index (κ1) is 17.2. The molecule has 0 rings (SSSR count). The second-order valence-corrected chi connectivity index (χ2v) is 5.81. The summed E-state index contributed by atoms with van der Waals surface area (Å²) in [6, 6.07) is 0. The number of hydrogen-bond donors (Lipinski definition) is 3. The third kappa shape index (κ3) is 9.24. The molecule has 0 aromatic carbocycles. The van der Waals surface area contributed by atoms with Crippen molar-refractivity contribution in [2.24, 2.45) is 11.8 Å². The summed E-state index contributed by atoms with van der Waals surface area (Å²) in [5.41, 5.74) is -0.466. The highest BCUT2D eigenvalue weighted by molar-refractivity contribution is 5.67. The Hall–Kier alpha value is -0.810. The number of aliphatic hydroxyl groups is 1. The van der Waals surface area contributed by atoms with Crippen molar-refractivity contribution in [1.29, 1.82) is 0 Å². The number of alkyl carbamates (subject to hydrolysis) is 1. The molecule has 3 N–H and O–H groups in total. The third-order valence-corrected chi connectivity index (χ3v) is 2.55. The number of carbonyl (C=O) groups is 1. The van der Waals surface area contributed by atoms with Crippen LogP contribution in [0, 0.1) is 11.8 Å². The first-order chi connectivity index (χ1) is 8.26. The summed E-state index contributed by atoms with van der Waals surface area (Å²) >= 11 is 0. The molecule has 5 nitrogen and oxygen atoms in total. The lowest BCUT2D eigenvalue weighted by Crippen LogP contribution is -2.40. The van der Waals surface area contributed by atoms with Gasteiger partial charge >= 0.3 is 6.09 Å². The van der Waals surface area contributed by atoms with E-state index in [2.05, 4.69) is 24.5 Å². The monoisotopic (exact) mass is 260 g/mol. The summed E-state index contributed by atoms with van der Waals surface area (Å²) in [5, 5.41) is 14.6. The van der Waals surface area contributed by atoms with Crippen molar-refractivity contribution in [2.45, 2.75) is 40.2 Å². The first-order valence-electron chi connectivity index (χ1n) is 6.54. The van der Waals surface area contributed by atoms with E-state index in [9.17, 15) is 4.79 Å². The van der Waals surface area contributed by atoms with Crippen LogP contribution in [-0.2, 0) is 4.74 Å². The van der Waals surface area contributed by atoms with Gasteiger partial charge in [-0.1, -0.05) is 13.8 Å². The highest BCUT2D eigenvalue weighted by atomic mass is 16.6. The van der Waals surface area contributed by atoms with Crippen LogP contribution in [-0.4, -0.2) is 43.0 Å². The van der Waals surface area contributed by atoms with Crippen LogP contribution in [0.1, 0.15) is 34.6 Å². The lowest BCUT2D eigenvalue weighted by molar-refractivity contribution is 0.0514.